The van der Waals surface area contributed by atoms with E-state index in [4.69, 9.17) is 40.2 Å². The lowest BCUT2D eigenvalue weighted by Gasteiger charge is -2.28. The van der Waals surface area contributed by atoms with Crippen molar-refractivity contribution in [2.45, 2.75) is 25.9 Å². The van der Waals surface area contributed by atoms with Gasteiger partial charge < -0.3 is 24.8 Å². The van der Waals surface area contributed by atoms with Gasteiger partial charge in [-0.2, -0.15) is 0 Å². The van der Waals surface area contributed by atoms with E-state index < -0.39 is 0 Å². The molecule has 1 aliphatic heterocycles. The van der Waals surface area contributed by atoms with Crippen LogP contribution in [0.25, 0.3) is 5.69 Å². The fourth-order valence-corrected chi connectivity index (χ4v) is 6.48. The van der Waals surface area contributed by atoms with Crippen molar-refractivity contribution in [3.8, 4) is 11.4 Å². The van der Waals surface area contributed by atoms with Crippen LogP contribution < -0.4 is 20.3 Å². The van der Waals surface area contributed by atoms with Gasteiger partial charge in [-0.3, -0.25) is 9.78 Å². The van der Waals surface area contributed by atoms with E-state index in [1.165, 1.54) is 0 Å². The molecule has 0 spiro atoms. The Labute approximate surface area is 271 Å². The van der Waals surface area contributed by atoms with Crippen LogP contribution >= 0.6 is 35.4 Å². The summed E-state index contributed by atoms with van der Waals surface area (Å²) in [5, 5.41) is 8.14. The number of pyridine rings is 1. The number of hydrogen-bond acceptors (Lipinski definition) is 4. The van der Waals surface area contributed by atoms with Crippen LogP contribution in [0.1, 0.15) is 34.7 Å². The van der Waals surface area contributed by atoms with E-state index in [1.807, 2.05) is 84.9 Å². The van der Waals surface area contributed by atoms with E-state index in [0.717, 1.165) is 34.0 Å². The fourth-order valence-electron chi connectivity index (χ4n) is 5.64. The van der Waals surface area contributed by atoms with E-state index in [1.54, 1.807) is 12.3 Å². The average Bonchev–Trinajstić information content (AvgIpc) is 3.52. The second-order valence-corrected chi connectivity index (χ2v) is 11.7. The lowest BCUT2D eigenvalue weighted by atomic mass is 9.96. The van der Waals surface area contributed by atoms with Crippen LogP contribution in [0, 0.1) is 13.8 Å². The van der Waals surface area contributed by atoms with Gasteiger partial charge in [0.1, 0.15) is 5.75 Å². The van der Waals surface area contributed by atoms with Gasteiger partial charge in [0.25, 0.3) is 5.91 Å². The number of carbonyl (C=O) groups is 1. The largest absolute Gasteiger partial charge is 0.484 e. The molecule has 2 atom stereocenters. The molecule has 0 bridgehead atoms. The summed E-state index contributed by atoms with van der Waals surface area (Å²) in [6.45, 7) is 4.05. The number of anilines is 2. The Morgan fingerprint density at radius 1 is 0.977 bits per heavy atom. The lowest BCUT2D eigenvalue weighted by Crippen LogP contribution is -2.29. The van der Waals surface area contributed by atoms with Crippen LogP contribution in [0.2, 0.25) is 10.0 Å². The van der Waals surface area contributed by atoms with E-state index >= 15 is 0 Å². The molecule has 0 unspecified atom stereocenters. The average molecular weight is 643 g/mol. The number of hydrogen-bond donors (Lipinski definition) is 2. The topological polar surface area (TPSA) is 71.4 Å². The molecule has 0 aliphatic carbocycles. The van der Waals surface area contributed by atoms with E-state index in [2.05, 4.69) is 45.0 Å². The number of rotatable bonds is 8. The molecule has 2 aromatic heterocycles. The molecule has 10 heteroatoms. The van der Waals surface area contributed by atoms with Gasteiger partial charge in [-0.25, -0.2) is 0 Å². The standard InChI is InChI=1S/C34H29Cl2N5O2S/c1-21-18-27(22(2)40(21)30-16-11-23(35)19-28(30)36)33-32(29-10-6-7-17-37-29)39-34(44)41(33)25-14-12-24(13-15-25)38-31(42)20-43-26-8-4-3-5-9-26/h3-19,32-33H,20H2,1-2H3,(H,38,42)(H,39,44)/t32-,33-/m1/s1. The van der Waals surface area contributed by atoms with Crippen molar-refractivity contribution in [3.63, 3.8) is 0 Å². The smallest absolute Gasteiger partial charge is 0.262 e. The van der Waals surface area contributed by atoms with Crippen LogP contribution in [-0.2, 0) is 4.79 Å². The van der Waals surface area contributed by atoms with Gasteiger partial charge in [0, 0.05) is 34.0 Å². The Kier molecular flexibility index (Phi) is 8.57. The number of nitrogens with zero attached hydrogens (tertiary/aromatic N) is 3. The summed E-state index contributed by atoms with van der Waals surface area (Å²) >= 11 is 18.8. The number of thiocarbonyl (C=S) groups is 1. The van der Waals surface area contributed by atoms with Crippen LogP contribution in [0.4, 0.5) is 11.4 Å². The zero-order valence-electron chi connectivity index (χ0n) is 24.0. The summed E-state index contributed by atoms with van der Waals surface area (Å²) in [4.78, 5) is 19.3. The molecule has 3 aromatic carbocycles. The molecule has 6 rings (SSSR count). The van der Waals surface area contributed by atoms with Gasteiger partial charge in [-0.15, -0.1) is 0 Å². The Balaban J connectivity index is 1.32. The molecular formula is C34H29Cl2N5O2S. The molecular weight excluding hydrogens is 613 g/mol. The van der Waals surface area contributed by atoms with Gasteiger partial charge in [0.05, 0.1) is 28.5 Å². The molecule has 7 nitrogen and oxygen atoms in total. The number of aromatic nitrogens is 2. The summed E-state index contributed by atoms with van der Waals surface area (Å²) in [5.41, 5.74) is 6.38. The quantitative estimate of drug-likeness (QED) is 0.167. The second-order valence-electron chi connectivity index (χ2n) is 10.5. The number of aryl methyl sites for hydroxylation is 1. The van der Waals surface area contributed by atoms with Crippen LogP contribution in [0.3, 0.4) is 0 Å². The maximum Gasteiger partial charge on any atom is 0.262 e. The van der Waals surface area contributed by atoms with E-state index in [9.17, 15) is 4.79 Å². The highest BCUT2D eigenvalue weighted by molar-refractivity contribution is 7.80. The van der Waals surface area contributed by atoms with Crippen molar-refractivity contribution in [2.24, 2.45) is 0 Å². The summed E-state index contributed by atoms with van der Waals surface area (Å²) in [7, 11) is 0. The highest BCUT2D eigenvalue weighted by Crippen LogP contribution is 2.44. The summed E-state index contributed by atoms with van der Waals surface area (Å²) in [6.07, 6.45) is 1.79. The third-order valence-corrected chi connectivity index (χ3v) is 8.43. The first-order valence-electron chi connectivity index (χ1n) is 14.0. The molecule has 1 fully saturated rings. The first kappa shape index (κ1) is 29.7. The maximum absolute atomic E-state index is 12.5. The van der Waals surface area contributed by atoms with Crippen molar-refractivity contribution in [2.75, 3.05) is 16.8 Å². The van der Waals surface area contributed by atoms with Gasteiger partial charge in [0.2, 0.25) is 0 Å². The summed E-state index contributed by atoms with van der Waals surface area (Å²) in [6, 6.07) is 30.0. The minimum absolute atomic E-state index is 0.0903. The molecule has 0 saturated carbocycles. The number of ether oxygens (including phenoxy) is 1. The predicted octanol–water partition coefficient (Wildman–Crippen LogP) is 7.99. The third kappa shape index (κ3) is 6.01. The highest BCUT2D eigenvalue weighted by Gasteiger charge is 2.42. The molecule has 5 aromatic rings. The number of carbonyl (C=O) groups excluding carboxylic acids is 1. The van der Waals surface area contributed by atoms with E-state index in [0.29, 0.717) is 26.6 Å². The van der Waals surface area contributed by atoms with Crippen LogP contribution in [0.15, 0.2) is 103 Å². The van der Waals surface area contributed by atoms with Crippen molar-refractivity contribution < 1.29 is 9.53 Å². The Hall–Kier alpha value is -4.37. The number of amides is 1. The second kappa shape index (κ2) is 12.7. The lowest BCUT2D eigenvalue weighted by molar-refractivity contribution is -0.118. The number of benzene rings is 3. The van der Waals surface area contributed by atoms with Gasteiger partial charge in [-0.05, 0) is 104 Å². The molecule has 1 aliphatic rings. The molecule has 0 radical (unpaired) electrons. The molecule has 222 valence electrons. The Morgan fingerprint density at radius 3 is 2.43 bits per heavy atom. The molecule has 44 heavy (non-hydrogen) atoms. The van der Waals surface area contributed by atoms with Crippen LogP contribution in [0.5, 0.6) is 5.75 Å². The number of nitrogens with one attached hydrogen (secondary N) is 2. The summed E-state index contributed by atoms with van der Waals surface area (Å²) < 4.78 is 7.71. The van der Waals surface area contributed by atoms with Gasteiger partial charge in [0.15, 0.2) is 11.7 Å². The van der Waals surface area contributed by atoms with Gasteiger partial charge >= 0.3 is 0 Å². The zero-order valence-corrected chi connectivity index (χ0v) is 26.3. The molecule has 3 heterocycles. The monoisotopic (exact) mass is 641 g/mol. The Morgan fingerprint density at radius 2 is 1.73 bits per heavy atom. The van der Waals surface area contributed by atoms with Crippen LogP contribution in [-0.4, -0.2) is 27.2 Å². The maximum atomic E-state index is 12.5. The van der Waals surface area contributed by atoms with Crippen molar-refractivity contribution in [1.82, 2.24) is 14.9 Å². The summed E-state index contributed by atoms with van der Waals surface area (Å²) in [5.74, 6) is 0.389. The zero-order chi connectivity index (χ0) is 30.8. The Bertz CT molecular complexity index is 1810. The highest BCUT2D eigenvalue weighted by atomic mass is 35.5. The molecule has 1 saturated heterocycles. The molecule has 1 amide bonds. The number of halogens is 2. The fraction of sp³-hybridized carbons (Fsp3) is 0.147. The minimum atomic E-state index is -0.249. The SMILES string of the molecule is Cc1cc([C@@H]2[C@@H](c3ccccn3)NC(=S)N2c2ccc(NC(=O)COc3ccccc3)cc2)c(C)n1-c1ccc(Cl)cc1Cl. The first-order chi connectivity index (χ1) is 21.3. The van der Waals surface area contributed by atoms with Crippen molar-refractivity contribution in [1.29, 1.82) is 0 Å². The minimum Gasteiger partial charge on any atom is -0.484 e. The normalized spacial score (nSPS) is 16.1. The van der Waals surface area contributed by atoms with Crippen molar-refractivity contribution in [3.05, 3.63) is 136 Å². The first-order valence-corrected chi connectivity index (χ1v) is 15.2. The van der Waals surface area contributed by atoms with Crippen molar-refractivity contribution >= 4 is 57.8 Å². The van der Waals surface area contributed by atoms with Gasteiger partial charge in [-0.1, -0.05) is 47.5 Å². The number of para-hydroxylation sites is 1. The molecule has 2 N–H and O–H groups in total. The van der Waals surface area contributed by atoms with E-state index in [-0.39, 0.29) is 24.6 Å². The third-order valence-electron chi connectivity index (χ3n) is 7.58. The predicted molar refractivity (Wildman–Crippen MR) is 180 cm³/mol.